The number of allylic oxidation sites excluding steroid dienone is 2. The molecule has 1 rings (SSSR count). The molecule has 0 fully saturated rings. The first-order valence-corrected chi connectivity index (χ1v) is 4.54. The molecule has 0 heterocycles. The van der Waals surface area contributed by atoms with Crippen molar-refractivity contribution in [3.63, 3.8) is 0 Å². The van der Waals surface area contributed by atoms with E-state index < -0.39 is 0 Å². The SMILES string of the molecule is C/C=C(\C(=O)CC)c1ccccc1. The number of benzene rings is 1. The Morgan fingerprint density at radius 3 is 2.38 bits per heavy atom. The summed E-state index contributed by atoms with van der Waals surface area (Å²) in [5.74, 6) is 0.203. The molecule has 0 saturated carbocycles. The zero-order valence-electron chi connectivity index (χ0n) is 8.08. The molecule has 0 spiro atoms. The van der Waals surface area contributed by atoms with Crippen LogP contribution < -0.4 is 0 Å². The van der Waals surface area contributed by atoms with Crippen LogP contribution in [0.15, 0.2) is 36.4 Å². The molecule has 0 unspecified atom stereocenters. The van der Waals surface area contributed by atoms with Gasteiger partial charge in [-0.2, -0.15) is 0 Å². The predicted molar refractivity (Wildman–Crippen MR) is 55.4 cm³/mol. The fraction of sp³-hybridized carbons (Fsp3) is 0.250. The van der Waals surface area contributed by atoms with Crippen molar-refractivity contribution in [1.82, 2.24) is 0 Å². The Kier molecular flexibility index (Phi) is 3.44. The van der Waals surface area contributed by atoms with Crippen molar-refractivity contribution in [2.45, 2.75) is 20.3 Å². The van der Waals surface area contributed by atoms with Crippen LogP contribution in [-0.4, -0.2) is 5.78 Å². The van der Waals surface area contributed by atoms with Gasteiger partial charge in [-0.15, -0.1) is 0 Å². The maximum atomic E-state index is 11.5. The zero-order chi connectivity index (χ0) is 9.68. The molecule has 0 bridgehead atoms. The molecule has 0 saturated heterocycles. The molecular weight excluding hydrogens is 160 g/mol. The summed E-state index contributed by atoms with van der Waals surface area (Å²) in [6.45, 7) is 3.78. The van der Waals surface area contributed by atoms with Crippen molar-refractivity contribution in [2.75, 3.05) is 0 Å². The van der Waals surface area contributed by atoms with E-state index in [0.29, 0.717) is 6.42 Å². The molecule has 1 heteroatoms. The molecule has 68 valence electrons. The van der Waals surface area contributed by atoms with Gasteiger partial charge in [-0.3, -0.25) is 4.79 Å². The van der Waals surface area contributed by atoms with Crippen molar-refractivity contribution in [1.29, 1.82) is 0 Å². The van der Waals surface area contributed by atoms with Gasteiger partial charge in [-0.1, -0.05) is 43.3 Å². The Balaban J connectivity index is 3.00. The molecule has 0 aliphatic rings. The number of ketones is 1. The molecule has 0 atom stereocenters. The van der Waals surface area contributed by atoms with Crippen molar-refractivity contribution in [2.24, 2.45) is 0 Å². The van der Waals surface area contributed by atoms with Crippen LogP contribution in [0.4, 0.5) is 0 Å². The summed E-state index contributed by atoms with van der Waals surface area (Å²) in [7, 11) is 0. The average molecular weight is 174 g/mol. The summed E-state index contributed by atoms with van der Waals surface area (Å²) >= 11 is 0. The molecule has 13 heavy (non-hydrogen) atoms. The maximum absolute atomic E-state index is 11.5. The number of hydrogen-bond acceptors (Lipinski definition) is 1. The van der Waals surface area contributed by atoms with E-state index in [0.717, 1.165) is 11.1 Å². The number of Topliss-reactive ketones (excluding diaryl/α,β-unsaturated/α-hetero) is 1. The molecule has 1 nitrogen and oxygen atoms in total. The van der Waals surface area contributed by atoms with Crippen LogP contribution in [0, 0.1) is 0 Å². The summed E-state index contributed by atoms with van der Waals surface area (Å²) in [6, 6.07) is 9.77. The number of carbonyl (C=O) groups excluding carboxylic acids is 1. The highest BCUT2D eigenvalue weighted by atomic mass is 16.1. The van der Waals surface area contributed by atoms with Gasteiger partial charge in [0.15, 0.2) is 5.78 Å². The highest BCUT2D eigenvalue weighted by Crippen LogP contribution is 2.15. The first-order chi connectivity index (χ1) is 6.29. The quantitative estimate of drug-likeness (QED) is 0.643. The van der Waals surface area contributed by atoms with Gasteiger partial charge in [0.25, 0.3) is 0 Å². The second-order valence-electron chi connectivity index (χ2n) is 2.85. The van der Waals surface area contributed by atoms with E-state index in [1.165, 1.54) is 0 Å². The normalized spacial score (nSPS) is 11.4. The molecule has 1 aromatic carbocycles. The van der Waals surface area contributed by atoms with E-state index in [1.54, 1.807) is 0 Å². The van der Waals surface area contributed by atoms with Crippen LogP contribution in [0.25, 0.3) is 5.57 Å². The van der Waals surface area contributed by atoms with Gasteiger partial charge in [0.05, 0.1) is 0 Å². The van der Waals surface area contributed by atoms with Crippen LogP contribution in [0.5, 0.6) is 0 Å². The smallest absolute Gasteiger partial charge is 0.162 e. The standard InChI is InChI=1S/C12H14O/c1-3-11(12(13)4-2)10-8-6-5-7-9-10/h3,5-9H,4H2,1-2H3/b11-3-. The molecule has 0 N–H and O–H groups in total. The van der Waals surface area contributed by atoms with Gasteiger partial charge in [0, 0.05) is 12.0 Å². The topological polar surface area (TPSA) is 17.1 Å². The van der Waals surface area contributed by atoms with E-state index in [1.807, 2.05) is 50.3 Å². The van der Waals surface area contributed by atoms with E-state index in [9.17, 15) is 4.79 Å². The number of carbonyl (C=O) groups is 1. The molecule has 0 radical (unpaired) electrons. The minimum absolute atomic E-state index is 0.203. The third-order valence-electron chi connectivity index (χ3n) is 1.99. The van der Waals surface area contributed by atoms with E-state index in [-0.39, 0.29) is 5.78 Å². The summed E-state index contributed by atoms with van der Waals surface area (Å²) in [6.07, 6.45) is 2.44. The van der Waals surface area contributed by atoms with Gasteiger partial charge in [0.2, 0.25) is 0 Å². The molecule has 0 amide bonds. The van der Waals surface area contributed by atoms with Crippen molar-refractivity contribution in [3.8, 4) is 0 Å². The summed E-state index contributed by atoms with van der Waals surface area (Å²) in [4.78, 5) is 11.5. The Hall–Kier alpha value is -1.37. The van der Waals surface area contributed by atoms with Crippen LogP contribution in [0.2, 0.25) is 0 Å². The lowest BCUT2D eigenvalue weighted by atomic mass is 10.0. The zero-order valence-corrected chi connectivity index (χ0v) is 8.08. The average Bonchev–Trinajstić information content (AvgIpc) is 2.20. The second-order valence-corrected chi connectivity index (χ2v) is 2.85. The lowest BCUT2D eigenvalue weighted by Gasteiger charge is -2.03. The minimum Gasteiger partial charge on any atom is -0.294 e. The van der Waals surface area contributed by atoms with E-state index in [2.05, 4.69) is 0 Å². The van der Waals surface area contributed by atoms with Gasteiger partial charge in [-0.25, -0.2) is 0 Å². The molecule has 0 aromatic heterocycles. The van der Waals surface area contributed by atoms with Crippen LogP contribution in [0.1, 0.15) is 25.8 Å². The predicted octanol–water partition coefficient (Wildman–Crippen LogP) is 3.07. The van der Waals surface area contributed by atoms with Crippen molar-refractivity contribution >= 4 is 11.4 Å². The van der Waals surface area contributed by atoms with Crippen molar-refractivity contribution in [3.05, 3.63) is 42.0 Å². The fourth-order valence-electron chi connectivity index (χ4n) is 1.30. The lowest BCUT2D eigenvalue weighted by molar-refractivity contribution is -0.113. The fourth-order valence-corrected chi connectivity index (χ4v) is 1.30. The molecule has 1 aromatic rings. The number of rotatable bonds is 3. The second kappa shape index (κ2) is 4.61. The summed E-state index contributed by atoms with van der Waals surface area (Å²) < 4.78 is 0. The lowest BCUT2D eigenvalue weighted by Crippen LogP contribution is -1.98. The van der Waals surface area contributed by atoms with Gasteiger partial charge in [0.1, 0.15) is 0 Å². The van der Waals surface area contributed by atoms with Crippen molar-refractivity contribution < 1.29 is 4.79 Å². The Bertz CT molecular complexity index is 309. The first kappa shape index (κ1) is 9.72. The van der Waals surface area contributed by atoms with Crippen LogP contribution in [0.3, 0.4) is 0 Å². The summed E-state index contributed by atoms with van der Waals surface area (Å²) in [5, 5.41) is 0. The van der Waals surface area contributed by atoms with Crippen LogP contribution >= 0.6 is 0 Å². The summed E-state index contributed by atoms with van der Waals surface area (Å²) in [5.41, 5.74) is 1.83. The minimum atomic E-state index is 0.203. The first-order valence-electron chi connectivity index (χ1n) is 4.54. The highest BCUT2D eigenvalue weighted by molar-refractivity contribution is 6.20. The van der Waals surface area contributed by atoms with E-state index in [4.69, 9.17) is 0 Å². The van der Waals surface area contributed by atoms with Gasteiger partial charge >= 0.3 is 0 Å². The maximum Gasteiger partial charge on any atom is 0.162 e. The Morgan fingerprint density at radius 2 is 1.92 bits per heavy atom. The Morgan fingerprint density at radius 1 is 1.31 bits per heavy atom. The van der Waals surface area contributed by atoms with Gasteiger partial charge < -0.3 is 0 Å². The highest BCUT2D eigenvalue weighted by Gasteiger charge is 2.07. The monoisotopic (exact) mass is 174 g/mol. The molecule has 0 aliphatic heterocycles. The number of hydrogen-bond donors (Lipinski definition) is 0. The third kappa shape index (κ3) is 2.28. The third-order valence-corrected chi connectivity index (χ3v) is 1.99. The molecule has 0 aliphatic carbocycles. The Labute approximate surface area is 79.1 Å². The van der Waals surface area contributed by atoms with Gasteiger partial charge in [-0.05, 0) is 12.5 Å². The van der Waals surface area contributed by atoms with E-state index >= 15 is 0 Å². The largest absolute Gasteiger partial charge is 0.294 e. The molecular formula is C12H14O. The van der Waals surface area contributed by atoms with Crippen LogP contribution in [-0.2, 0) is 4.79 Å².